The van der Waals surface area contributed by atoms with Gasteiger partial charge in [-0.15, -0.1) is 10.2 Å². The summed E-state index contributed by atoms with van der Waals surface area (Å²) in [6, 6.07) is 10.2. The first-order valence-electron chi connectivity index (χ1n) is 8.42. The number of carbonyl (C=O) groups excluding carboxylic acids is 1. The summed E-state index contributed by atoms with van der Waals surface area (Å²) >= 11 is 1.46. The van der Waals surface area contributed by atoms with Gasteiger partial charge in [0.2, 0.25) is 5.91 Å². The Morgan fingerprint density at radius 3 is 2.80 bits per heavy atom. The summed E-state index contributed by atoms with van der Waals surface area (Å²) in [4.78, 5) is 14.5. The topological polar surface area (TPSA) is 59.7 Å². The van der Waals surface area contributed by atoms with E-state index in [1.807, 2.05) is 34.4 Å². The first-order valence-corrected chi connectivity index (χ1v) is 9.30. The minimum Gasteiger partial charge on any atom is -0.378 e. The van der Waals surface area contributed by atoms with E-state index in [4.69, 9.17) is 4.74 Å². The lowest BCUT2D eigenvalue weighted by Gasteiger charge is -2.28. The van der Waals surface area contributed by atoms with Crippen LogP contribution < -0.4 is 0 Å². The van der Waals surface area contributed by atoms with E-state index in [9.17, 15) is 4.79 Å². The molecule has 7 heteroatoms. The standard InChI is InChI=1S/C18H20N4O2S/c1-12-11-16-19-20-18(22(16)15-6-4-3-5-14(12)15)25-13(2)17(23)21-7-9-24-10-8-21/h3-6,11,13H,7-10H2,1-2H3. The zero-order valence-electron chi connectivity index (χ0n) is 14.3. The molecule has 1 fully saturated rings. The van der Waals surface area contributed by atoms with Crippen molar-refractivity contribution < 1.29 is 9.53 Å². The molecule has 0 bridgehead atoms. The number of carbonyl (C=O) groups is 1. The number of nitrogens with zero attached hydrogens (tertiary/aromatic N) is 4. The Labute approximate surface area is 150 Å². The number of thioether (sulfide) groups is 1. The molecule has 4 rings (SSSR count). The van der Waals surface area contributed by atoms with Gasteiger partial charge in [-0.3, -0.25) is 9.20 Å². The number of aromatic nitrogens is 3. The van der Waals surface area contributed by atoms with Gasteiger partial charge in [0.15, 0.2) is 10.8 Å². The van der Waals surface area contributed by atoms with Crippen molar-refractivity contribution in [3.05, 3.63) is 35.9 Å². The van der Waals surface area contributed by atoms with Gasteiger partial charge in [-0.25, -0.2) is 0 Å². The molecule has 1 aliphatic heterocycles. The second kappa shape index (κ2) is 6.65. The minimum absolute atomic E-state index is 0.126. The number of para-hydroxylation sites is 1. The Balaban J connectivity index is 1.67. The highest BCUT2D eigenvalue weighted by Gasteiger charge is 2.25. The molecular weight excluding hydrogens is 336 g/mol. The van der Waals surface area contributed by atoms with Gasteiger partial charge in [0.25, 0.3) is 0 Å². The average Bonchev–Trinajstić information content (AvgIpc) is 3.04. The van der Waals surface area contributed by atoms with E-state index < -0.39 is 0 Å². The highest BCUT2D eigenvalue weighted by Crippen LogP contribution is 2.28. The second-order valence-electron chi connectivity index (χ2n) is 6.22. The largest absolute Gasteiger partial charge is 0.378 e. The number of benzene rings is 1. The van der Waals surface area contributed by atoms with Gasteiger partial charge in [-0.05, 0) is 31.5 Å². The number of hydrogen-bond acceptors (Lipinski definition) is 5. The number of ether oxygens (including phenoxy) is 1. The van der Waals surface area contributed by atoms with Gasteiger partial charge in [0.05, 0.1) is 24.0 Å². The van der Waals surface area contributed by atoms with Crippen LogP contribution in [0.5, 0.6) is 0 Å². The van der Waals surface area contributed by atoms with E-state index in [1.165, 1.54) is 22.7 Å². The van der Waals surface area contributed by atoms with E-state index >= 15 is 0 Å². The number of morpholine rings is 1. The molecule has 3 heterocycles. The van der Waals surface area contributed by atoms with Crippen LogP contribution >= 0.6 is 11.8 Å². The highest BCUT2D eigenvalue weighted by atomic mass is 32.2. The fraction of sp³-hybridized carbons (Fsp3) is 0.389. The summed E-state index contributed by atoms with van der Waals surface area (Å²) in [5.74, 6) is 0.126. The molecule has 1 aromatic carbocycles. The summed E-state index contributed by atoms with van der Waals surface area (Å²) in [6.07, 6.45) is 0. The number of hydrogen-bond donors (Lipinski definition) is 0. The van der Waals surface area contributed by atoms with Crippen molar-refractivity contribution in [3.8, 4) is 0 Å². The maximum absolute atomic E-state index is 12.7. The van der Waals surface area contributed by atoms with Gasteiger partial charge in [0, 0.05) is 18.5 Å². The number of pyridine rings is 1. The number of rotatable bonds is 3. The molecule has 1 atom stereocenters. The Morgan fingerprint density at radius 2 is 2.00 bits per heavy atom. The molecule has 1 aliphatic rings. The monoisotopic (exact) mass is 356 g/mol. The van der Waals surface area contributed by atoms with Crippen LogP contribution in [0, 0.1) is 6.92 Å². The quantitative estimate of drug-likeness (QED) is 0.675. The lowest BCUT2D eigenvalue weighted by atomic mass is 10.1. The maximum Gasteiger partial charge on any atom is 0.236 e. The Hall–Kier alpha value is -2.12. The van der Waals surface area contributed by atoms with Gasteiger partial charge < -0.3 is 9.64 Å². The van der Waals surface area contributed by atoms with Crippen molar-refractivity contribution >= 4 is 34.2 Å². The van der Waals surface area contributed by atoms with Crippen LogP contribution in [-0.2, 0) is 9.53 Å². The smallest absolute Gasteiger partial charge is 0.236 e. The van der Waals surface area contributed by atoms with Gasteiger partial charge in [-0.2, -0.15) is 0 Å². The minimum atomic E-state index is -0.217. The van der Waals surface area contributed by atoms with E-state index in [0.717, 1.165) is 16.3 Å². The van der Waals surface area contributed by atoms with E-state index in [-0.39, 0.29) is 11.2 Å². The fourth-order valence-corrected chi connectivity index (χ4v) is 4.15. The Morgan fingerprint density at radius 1 is 1.24 bits per heavy atom. The van der Waals surface area contributed by atoms with Crippen molar-refractivity contribution in [1.82, 2.24) is 19.5 Å². The molecular formula is C18H20N4O2S. The zero-order chi connectivity index (χ0) is 17.4. The third kappa shape index (κ3) is 2.98. The molecule has 0 saturated carbocycles. The summed E-state index contributed by atoms with van der Waals surface area (Å²) in [6.45, 7) is 6.55. The lowest BCUT2D eigenvalue weighted by molar-refractivity contribution is -0.134. The molecule has 0 radical (unpaired) electrons. The highest BCUT2D eigenvalue weighted by molar-refractivity contribution is 8.00. The normalized spacial score (nSPS) is 16.5. The predicted molar refractivity (Wildman–Crippen MR) is 97.9 cm³/mol. The molecule has 0 spiro atoms. The molecule has 3 aromatic rings. The van der Waals surface area contributed by atoms with Gasteiger partial charge in [-0.1, -0.05) is 30.0 Å². The number of aryl methyl sites for hydroxylation is 1. The molecule has 2 aromatic heterocycles. The Bertz CT molecular complexity index is 933. The van der Waals surface area contributed by atoms with Crippen molar-refractivity contribution in [2.75, 3.05) is 26.3 Å². The number of amides is 1. The summed E-state index contributed by atoms with van der Waals surface area (Å²) in [7, 11) is 0. The lowest BCUT2D eigenvalue weighted by Crippen LogP contribution is -2.44. The first-order chi connectivity index (χ1) is 12.1. The van der Waals surface area contributed by atoms with Gasteiger partial charge in [0.1, 0.15) is 0 Å². The molecule has 0 N–H and O–H groups in total. The van der Waals surface area contributed by atoms with Crippen molar-refractivity contribution in [2.45, 2.75) is 24.3 Å². The van der Waals surface area contributed by atoms with Crippen LogP contribution in [0.2, 0.25) is 0 Å². The maximum atomic E-state index is 12.7. The van der Waals surface area contributed by atoms with Crippen LogP contribution in [0.3, 0.4) is 0 Å². The average molecular weight is 356 g/mol. The van der Waals surface area contributed by atoms with Crippen molar-refractivity contribution in [3.63, 3.8) is 0 Å². The summed E-state index contributed by atoms with van der Waals surface area (Å²) < 4.78 is 7.36. The van der Waals surface area contributed by atoms with Crippen LogP contribution in [-0.4, -0.2) is 57.0 Å². The van der Waals surface area contributed by atoms with E-state index in [1.54, 1.807) is 0 Å². The molecule has 1 saturated heterocycles. The van der Waals surface area contributed by atoms with Gasteiger partial charge >= 0.3 is 0 Å². The van der Waals surface area contributed by atoms with Crippen LogP contribution in [0.4, 0.5) is 0 Å². The second-order valence-corrected chi connectivity index (χ2v) is 7.53. The third-order valence-corrected chi connectivity index (χ3v) is 5.56. The SMILES string of the molecule is Cc1cc2nnc(SC(C)C(=O)N3CCOCC3)n2c2ccccc12. The zero-order valence-corrected chi connectivity index (χ0v) is 15.1. The molecule has 6 nitrogen and oxygen atoms in total. The van der Waals surface area contributed by atoms with Crippen LogP contribution in [0.25, 0.3) is 16.6 Å². The van der Waals surface area contributed by atoms with Crippen LogP contribution in [0.15, 0.2) is 35.5 Å². The summed E-state index contributed by atoms with van der Waals surface area (Å²) in [5.41, 5.74) is 3.05. The number of fused-ring (bicyclic) bond motifs is 3. The molecule has 25 heavy (non-hydrogen) atoms. The first kappa shape index (κ1) is 16.4. The van der Waals surface area contributed by atoms with Crippen molar-refractivity contribution in [1.29, 1.82) is 0 Å². The van der Waals surface area contributed by atoms with E-state index in [2.05, 4.69) is 29.3 Å². The summed E-state index contributed by atoms with van der Waals surface area (Å²) in [5, 5.41) is 10.3. The predicted octanol–water partition coefficient (Wildman–Crippen LogP) is 2.53. The molecule has 1 amide bonds. The van der Waals surface area contributed by atoms with Crippen LogP contribution in [0.1, 0.15) is 12.5 Å². The van der Waals surface area contributed by atoms with E-state index in [0.29, 0.717) is 26.3 Å². The molecule has 0 aliphatic carbocycles. The fourth-order valence-electron chi connectivity index (χ4n) is 3.20. The Kier molecular flexibility index (Phi) is 4.35. The molecule has 130 valence electrons. The molecule has 1 unspecified atom stereocenters. The third-order valence-electron chi connectivity index (χ3n) is 4.53. The van der Waals surface area contributed by atoms with Crippen molar-refractivity contribution in [2.24, 2.45) is 0 Å².